The molecule has 0 unspecified atom stereocenters. The van der Waals surface area contributed by atoms with E-state index in [2.05, 4.69) is 35.5 Å². The minimum absolute atomic E-state index is 0.447. The van der Waals surface area contributed by atoms with Crippen LogP contribution in [0.3, 0.4) is 0 Å². The van der Waals surface area contributed by atoms with Crippen LogP contribution in [0.1, 0.15) is 25.0 Å². The van der Waals surface area contributed by atoms with Crippen LogP contribution in [0.25, 0.3) is 5.52 Å². The van der Waals surface area contributed by atoms with Gasteiger partial charge in [-0.2, -0.15) is 0 Å². The van der Waals surface area contributed by atoms with Crippen molar-refractivity contribution in [2.45, 2.75) is 26.7 Å². The molecule has 0 fully saturated rings. The standard InChI is InChI=1S/C12H14N2/c1-12(2)5-9-7-14-8-13-4-3-11(14)10(9)6-12/h3-4,7-8H,5-6H2,1-2H3. The first-order valence-corrected chi connectivity index (χ1v) is 5.08. The lowest BCUT2D eigenvalue weighted by molar-refractivity contribution is 0.392. The number of nitrogens with zero attached hydrogens (tertiary/aromatic N) is 2. The molecule has 0 aliphatic heterocycles. The van der Waals surface area contributed by atoms with Gasteiger partial charge in [0.15, 0.2) is 0 Å². The number of hydrogen-bond acceptors (Lipinski definition) is 1. The fraction of sp³-hybridized carbons (Fsp3) is 0.417. The van der Waals surface area contributed by atoms with Crippen LogP contribution in [0.2, 0.25) is 0 Å². The van der Waals surface area contributed by atoms with Crippen molar-refractivity contribution in [2.24, 2.45) is 5.41 Å². The Labute approximate surface area is 83.6 Å². The predicted molar refractivity (Wildman–Crippen MR) is 56.4 cm³/mol. The molecule has 0 bridgehead atoms. The topological polar surface area (TPSA) is 17.3 Å². The zero-order valence-electron chi connectivity index (χ0n) is 8.62. The Morgan fingerprint density at radius 3 is 3.07 bits per heavy atom. The van der Waals surface area contributed by atoms with Crippen LogP contribution in [0, 0.1) is 5.41 Å². The molecular formula is C12H14N2. The van der Waals surface area contributed by atoms with E-state index in [-0.39, 0.29) is 0 Å². The summed E-state index contributed by atoms with van der Waals surface area (Å²) in [7, 11) is 0. The average molecular weight is 186 g/mol. The SMILES string of the molecule is CC1(C)Cc2cn3cnccc3c2C1. The zero-order chi connectivity index (χ0) is 9.76. The quantitative estimate of drug-likeness (QED) is 0.617. The summed E-state index contributed by atoms with van der Waals surface area (Å²) in [6.07, 6.45) is 8.39. The Morgan fingerprint density at radius 2 is 2.21 bits per heavy atom. The van der Waals surface area contributed by atoms with Crippen molar-refractivity contribution in [1.29, 1.82) is 0 Å². The Balaban J connectivity index is 2.26. The van der Waals surface area contributed by atoms with Gasteiger partial charge < -0.3 is 4.40 Å². The summed E-state index contributed by atoms with van der Waals surface area (Å²) in [6.45, 7) is 4.68. The molecule has 2 aromatic rings. The van der Waals surface area contributed by atoms with Gasteiger partial charge in [-0.1, -0.05) is 13.8 Å². The van der Waals surface area contributed by atoms with Crippen LogP contribution in [-0.4, -0.2) is 9.38 Å². The number of rotatable bonds is 0. The first kappa shape index (κ1) is 8.04. The lowest BCUT2D eigenvalue weighted by atomic mass is 9.90. The van der Waals surface area contributed by atoms with Gasteiger partial charge in [0.25, 0.3) is 0 Å². The third-order valence-electron chi connectivity index (χ3n) is 3.10. The summed E-state index contributed by atoms with van der Waals surface area (Å²) in [4.78, 5) is 4.13. The van der Waals surface area contributed by atoms with E-state index in [1.807, 2.05) is 12.5 Å². The summed E-state index contributed by atoms with van der Waals surface area (Å²) in [6, 6.07) is 2.11. The molecule has 72 valence electrons. The normalized spacial score (nSPS) is 18.7. The maximum atomic E-state index is 4.13. The highest BCUT2D eigenvalue weighted by atomic mass is 14.9. The summed E-state index contributed by atoms with van der Waals surface area (Å²) in [5.74, 6) is 0. The second-order valence-electron chi connectivity index (χ2n) is 5.02. The number of fused-ring (bicyclic) bond motifs is 3. The fourth-order valence-electron chi connectivity index (χ4n) is 2.55. The minimum Gasteiger partial charge on any atom is -0.307 e. The summed E-state index contributed by atoms with van der Waals surface area (Å²) in [5, 5.41) is 0. The van der Waals surface area contributed by atoms with Crippen molar-refractivity contribution in [3.05, 3.63) is 35.9 Å². The number of aromatic nitrogens is 2. The largest absolute Gasteiger partial charge is 0.307 e. The zero-order valence-corrected chi connectivity index (χ0v) is 8.62. The van der Waals surface area contributed by atoms with Crippen LogP contribution in [0.15, 0.2) is 24.8 Å². The summed E-state index contributed by atoms with van der Waals surface area (Å²) >= 11 is 0. The van der Waals surface area contributed by atoms with Crippen molar-refractivity contribution in [1.82, 2.24) is 9.38 Å². The van der Waals surface area contributed by atoms with E-state index >= 15 is 0 Å². The number of hydrogen-bond donors (Lipinski definition) is 0. The molecule has 0 N–H and O–H groups in total. The first-order chi connectivity index (χ1) is 6.66. The molecule has 1 aliphatic carbocycles. The van der Waals surface area contributed by atoms with Crippen LogP contribution in [-0.2, 0) is 12.8 Å². The van der Waals surface area contributed by atoms with E-state index in [9.17, 15) is 0 Å². The molecular weight excluding hydrogens is 172 g/mol. The molecule has 1 aliphatic rings. The Hall–Kier alpha value is -1.31. The molecule has 0 atom stereocenters. The van der Waals surface area contributed by atoms with Gasteiger partial charge in [-0.05, 0) is 35.4 Å². The second kappa shape index (κ2) is 2.38. The van der Waals surface area contributed by atoms with Gasteiger partial charge in [0.05, 0.1) is 11.8 Å². The highest BCUT2D eigenvalue weighted by Crippen LogP contribution is 2.38. The van der Waals surface area contributed by atoms with Crippen molar-refractivity contribution >= 4 is 5.52 Å². The predicted octanol–water partition coefficient (Wildman–Crippen LogP) is 2.46. The molecule has 0 amide bonds. The molecule has 0 saturated carbocycles. The van der Waals surface area contributed by atoms with E-state index in [0.717, 1.165) is 0 Å². The van der Waals surface area contributed by atoms with Gasteiger partial charge in [-0.25, -0.2) is 4.98 Å². The molecule has 2 heterocycles. The molecule has 3 rings (SSSR count). The molecule has 2 aromatic heterocycles. The molecule has 0 aromatic carbocycles. The van der Waals surface area contributed by atoms with Crippen molar-refractivity contribution in [3.63, 3.8) is 0 Å². The van der Waals surface area contributed by atoms with Crippen LogP contribution >= 0.6 is 0 Å². The monoisotopic (exact) mass is 186 g/mol. The van der Waals surface area contributed by atoms with E-state index < -0.39 is 0 Å². The third kappa shape index (κ3) is 0.999. The van der Waals surface area contributed by atoms with E-state index in [1.54, 1.807) is 0 Å². The third-order valence-corrected chi connectivity index (χ3v) is 3.10. The van der Waals surface area contributed by atoms with E-state index in [0.29, 0.717) is 5.41 Å². The highest BCUT2D eigenvalue weighted by Gasteiger charge is 2.30. The summed E-state index contributed by atoms with van der Waals surface area (Å²) in [5.41, 5.74) is 4.81. The maximum Gasteiger partial charge on any atom is 0.0990 e. The second-order valence-corrected chi connectivity index (χ2v) is 5.02. The fourth-order valence-corrected chi connectivity index (χ4v) is 2.55. The van der Waals surface area contributed by atoms with Crippen molar-refractivity contribution < 1.29 is 0 Å². The smallest absolute Gasteiger partial charge is 0.0990 e. The average Bonchev–Trinajstić information content (AvgIpc) is 2.56. The summed E-state index contributed by atoms with van der Waals surface area (Å²) < 4.78 is 2.14. The van der Waals surface area contributed by atoms with Crippen LogP contribution in [0.5, 0.6) is 0 Å². The minimum atomic E-state index is 0.447. The van der Waals surface area contributed by atoms with Crippen LogP contribution in [0.4, 0.5) is 0 Å². The van der Waals surface area contributed by atoms with Gasteiger partial charge in [-0.15, -0.1) is 0 Å². The Kier molecular flexibility index (Phi) is 1.37. The molecule has 0 saturated heterocycles. The molecule has 2 heteroatoms. The first-order valence-electron chi connectivity index (χ1n) is 5.08. The van der Waals surface area contributed by atoms with E-state index in [4.69, 9.17) is 0 Å². The van der Waals surface area contributed by atoms with Crippen LogP contribution < -0.4 is 0 Å². The van der Waals surface area contributed by atoms with Gasteiger partial charge >= 0.3 is 0 Å². The van der Waals surface area contributed by atoms with Crippen molar-refractivity contribution in [3.8, 4) is 0 Å². The lowest BCUT2D eigenvalue weighted by Crippen LogP contribution is -2.10. The van der Waals surface area contributed by atoms with Crippen molar-refractivity contribution in [2.75, 3.05) is 0 Å². The highest BCUT2D eigenvalue weighted by molar-refractivity contribution is 5.60. The van der Waals surface area contributed by atoms with Gasteiger partial charge in [-0.3, -0.25) is 0 Å². The molecule has 14 heavy (non-hydrogen) atoms. The lowest BCUT2D eigenvalue weighted by Gasteiger charge is -2.15. The molecule has 0 spiro atoms. The molecule has 0 radical (unpaired) electrons. The Morgan fingerprint density at radius 1 is 1.36 bits per heavy atom. The molecule has 2 nitrogen and oxygen atoms in total. The Bertz CT molecular complexity index is 494. The van der Waals surface area contributed by atoms with Gasteiger partial charge in [0.2, 0.25) is 0 Å². The van der Waals surface area contributed by atoms with E-state index in [1.165, 1.54) is 29.5 Å². The van der Waals surface area contributed by atoms with Gasteiger partial charge in [0.1, 0.15) is 0 Å². The van der Waals surface area contributed by atoms with Gasteiger partial charge in [0, 0.05) is 12.4 Å². The maximum absolute atomic E-state index is 4.13.